The van der Waals surface area contributed by atoms with Crippen LogP contribution >= 0.6 is 0 Å². The van der Waals surface area contributed by atoms with E-state index in [1.54, 1.807) is 0 Å². The molecule has 0 spiro atoms. The van der Waals surface area contributed by atoms with E-state index in [1.165, 1.54) is 12.1 Å². The second-order valence-electron chi connectivity index (χ2n) is 6.49. The van der Waals surface area contributed by atoms with Gasteiger partial charge in [0.05, 0.1) is 6.61 Å². The van der Waals surface area contributed by atoms with E-state index in [-0.39, 0.29) is 5.88 Å². The van der Waals surface area contributed by atoms with E-state index in [9.17, 15) is 13.2 Å². The Hall–Kier alpha value is -1.34. The normalized spacial score (nSPS) is 21.8. The van der Waals surface area contributed by atoms with Crippen molar-refractivity contribution < 1.29 is 22.6 Å². The Morgan fingerprint density at radius 3 is 2.50 bits per heavy atom. The second-order valence-corrected chi connectivity index (χ2v) is 6.49. The van der Waals surface area contributed by atoms with E-state index in [1.807, 2.05) is 0 Å². The highest BCUT2D eigenvalue weighted by molar-refractivity contribution is 5.17. The van der Waals surface area contributed by atoms with Gasteiger partial charge in [0.2, 0.25) is 5.88 Å². The number of halogens is 3. The van der Waals surface area contributed by atoms with Gasteiger partial charge in [0, 0.05) is 25.3 Å². The summed E-state index contributed by atoms with van der Waals surface area (Å²) in [5.41, 5.74) is -0.908. The van der Waals surface area contributed by atoms with E-state index in [4.69, 9.17) is 9.47 Å². The SMILES string of the molecule is FC(F)(F)c1cccc(OCC2CCN(C3CCOCC3)CC2)n1. The Labute approximate surface area is 140 Å². The van der Waals surface area contributed by atoms with Gasteiger partial charge in [0.25, 0.3) is 0 Å². The van der Waals surface area contributed by atoms with E-state index in [0.29, 0.717) is 18.6 Å². The van der Waals surface area contributed by atoms with Crippen molar-refractivity contribution >= 4 is 0 Å². The molecule has 2 fully saturated rings. The number of nitrogens with zero attached hydrogens (tertiary/aromatic N) is 2. The van der Waals surface area contributed by atoms with Crippen molar-refractivity contribution in [1.29, 1.82) is 0 Å². The van der Waals surface area contributed by atoms with Gasteiger partial charge in [-0.05, 0) is 50.8 Å². The number of hydrogen-bond acceptors (Lipinski definition) is 4. The van der Waals surface area contributed by atoms with E-state index in [0.717, 1.165) is 58.1 Å². The molecule has 0 unspecified atom stereocenters. The van der Waals surface area contributed by atoms with Gasteiger partial charge in [-0.2, -0.15) is 13.2 Å². The first kappa shape index (κ1) is 17.5. The van der Waals surface area contributed by atoms with E-state index >= 15 is 0 Å². The lowest BCUT2D eigenvalue weighted by Crippen LogP contribution is -2.44. The molecule has 2 saturated heterocycles. The minimum atomic E-state index is -4.44. The second kappa shape index (κ2) is 7.70. The van der Waals surface area contributed by atoms with Crippen LogP contribution in [0.4, 0.5) is 13.2 Å². The molecule has 0 N–H and O–H groups in total. The maximum atomic E-state index is 12.7. The molecule has 24 heavy (non-hydrogen) atoms. The Morgan fingerprint density at radius 1 is 1.12 bits per heavy atom. The molecule has 0 atom stereocenters. The minimum absolute atomic E-state index is 0.0525. The number of pyridine rings is 1. The van der Waals surface area contributed by atoms with Gasteiger partial charge in [-0.25, -0.2) is 4.98 Å². The van der Waals surface area contributed by atoms with Crippen molar-refractivity contribution in [3.63, 3.8) is 0 Å². The van der Waals surface area contributed by atoms with Crippen LogP contribution in [0.25, 0.3) is 0 Å². The fourth-order valence-corrected chi connectivity index (χ4v) is 3.39. The highest BCUT2D eigenvalue weighted by atomic mass is 19.4. The monoisotopic (exact) mass is 344 g/mol. The number of rotatable bonds is 4. The third kappa shape index (κ3) is 4.60. The molecule has 4 nitrogen and oxygen atoms in total. The summed E-state index contributed by atoms with van der Waals surface area (Å²) < 4.78 is 48.9. The maximum absolute atomic E-state index is 12.7. The zero-order valence-corrected chi connectivity index (χ0v) is 13.6. The molecule has 0 bridgehead atoms. The highest BCUT2D eigenvalue weighted by Gasteiger charge is 2.33. The van der Waals surface area contributed by atoms with Gasteiger partial charge in [-0.3, -0.25) is 0 Å². The van der Waals surface area contributed by atoms with Crippen molar-refractivity contribution in [2.24, 2.45) is 5.92 Å². The molecule has 0 aliphatic carbocycles. The van der Waals surface area contributed by atoms with Gasteiger partial charge in [0.15, 0.2) is 0 Å². The van der Waals surface area contributed by atoms with Gasteiger partial charge < -0.3 is 14.4 Å². The smallest absolute Gasteiger partial charge is 0.433 e. The van der Waals surface area contributed by atoms with Crippen LogP contribution in [0.15, 0.2) is 18.2 Å². The molecular weight excluding hydrogens is 321 g/mol. The summed E-state index contributed by atoms with van der Waals surface area (Å²) in [7, 11) is 0. The Kier molecular flexibility index (Phi) is 5.61. The van der Waals surface area contributed by atoms with Crippen LogP contribution in [0.2, 0.25) is 0 Å². The van der Waals surface area contributed by atoms with E-state index in [2.05, 4.69) is 9.88 Å². The lowest BCUT2D eigenvalue weighted by molar-refractivity contribution is -0.141. The van der Waals surface area contributed by atoms with Gasteiger partial charge >= 0.3 is 6.18 Å². The molecular formula is C17H23F3N2O2. The highest BCUT2D eigenvalue weighted by Crippen LogP contribution is 2.29. The van der Waals surface area contributed by atoms with Crippen molar-refractivity contribution in [1.82, 2.24) is 9.88 Å². The number of likely N-dealkylation sites (tertiary alicyclic amines) is 1. The number of aromatic nitrogens is 1. The molecule has 7 heteroatoms. The molecule has 0 radical (unpaired) electrons. The van der Waals surface area contributed by atoms with Gasteiger partial charge in [-0.1, -0.05) is 6.07 Å². The first-order valence-corrected chi connectivity index (χ1v) is 8.51. The number of piperidine rings is 1. The molecule has 1 aromatic rings. The molecule has 2 aliphatic rings. The standard InChI is InChI=1S/C17H23F3N2O2/c18-17(19,20)15-2-1-3-16(21-15)24-12-13-4-8-22(9-5-13)14-6-10-23-11-7-14/h1-3,13-14H,4-12H2. The van der Waals surface area contributed by atoms with Crippen LogP contribution in [-0.4, -0.2) is 48.8 Å². The summed E-state index contributed by atoms with van der Waals surface area (Å²) in [6.07, 6.45) is -0.230. The molecule has 3 heterocycles. The van der Waals surface area contributed by atoms with Crippen LogP contribution in [0, 0.1) is 5.92 Å². The molecule has 0 amide bonds. The van der Waals surface area contributed by atoms with Crippen molar-refractivity contribution in [3.05, 3.63) is 23.9 Å². The zero-order chi connectivity index (χ0) is 17.0. The fraction of sp³-hybridized carbons (Fsp3) is 0.706. The lowest BCUT2D eigenvalue weighted by Gasteiger charge is -2.39. The Bertz CT molecular complexity index is 525. The lowest BCUT2D eigenvalue weighted by atomic mass is 9.95. The average Bonchev–Trinajstić information content (AvgIpc) is 2.61. The number of hydrogen-bond donors (Lipinski definition) is 0. The van der Waals surface area contributed by atoms with Crippen LogP contribution in [0.1, 0.15) is 31.4 Å². The molecule has 3 rings (SSSR count). The summed E-state index contributed by atoms with van der Waals surface area (Å²) in [4.78, 5) is 6.06. The summed E-state index contributed by atoms with van der Waals surface area (Å²) in [5.74, 6) is 0.425. The van der Waals surface area contributed by atoms with Crippen molar-refractivity contribution in [2.45, 2.75) is 37.9 Å². The molecule has 0 saturated carbocycles. The predicted molar refractivity (Wildman–Crippen MR) is 82.9 cm³/mol. The number of ether oxygens (including phenoxy) is 2. The molecule has 2 aliphatic heterocycles. The van der Waals surface area contributed by atoms with Crippen LogP contribution in [0.5, 0.6) is 5.88 Å². The third-order valence-corrected chi connectivity index (χ3v) is 4.84. The first-order valence-electron chi connectivity index (χ1n) is 8.51. The van der Waals surface area contributed by atoms with E-state index < -0.39 is 11.9 Å². The molecule has 134 valence electrons. The Balaban J connectivity index is 1.45. The van der Waals surface area contributed by atoms with Crippen LogP contribution < -0.4 is 4.74 Å². The van der Waals surface area contributed by atoms with Crippen LogP contribution in [-0.2, 0) is 10.9 Å². The maximum Gasteiger partial charge on any atom is 0.433 e. The summed E-state index contributed by atoms with van der Waals surface area (Å²) >= 11 is 0. The van der Waals surface area contributed by atoms with Crippen molar-refractivity contribution in [3.8, 4) is 5.88 Å². The Morgan fingerprint density at radius 2 is 1.83 bits per heavy atom. The summed E-state index contributed by atoms with van der Waals surface area (Å²) in [5, 5.41) is 0. The first-order chi connectivity index (χ1) is 11.5. The summed E-state index contributed by atoms with van der Waals surface area (Å²) in [6, 6.07) is 4.38. The van der Waals surface area contributed by atoms with Crippen LogP contribution in [0.3, 0.4) is 0 Å². The van der Waals surface area contributed by atoms with Crippen molar-refractivity contribution in [2.75, 3.05) is 32.9 Å². The summed E-state index contributed by atoms with van der Waals surface area (Å²) in [6.45, 7) is 4.16. The molecule has 1 aromatic heterocycles. The van der Waals surface area contributed by atoms with Gasteiger partial charge in [-0.15, -0.1) is 0 Å². The van der Waals surface area contributed by atoms with Gasteiger partial charge in [0.1, 0.15) is 5.69 Å². The predicted octanol–water partition coefficient (Wildman–Crippen LogP) is 3.37. The third-order valence-electron chi connectivity index (χ3n) is 4.84. The molecule has 0 aromatic carbocycles. The minimum Gasteiger partial charge on any atom is -0.477 e. The quantitative estimate of drug-likeness (QED) is 0.839. The zero-order valence-electron chi connectivity index (χ0n) is 13.6. The largest absolute Gasteiger partial charge is 0.477 e. The number of alkyl halides is 3. The topological polar surface area (TPSA) is 34.6 Å². The fourth-order valence-electron chi connectivity index (χ4n) is 3.39. The average molecular weight is 344 g/mol.